The van der Waals surface area contributed by atoms with Gasteiger partial charge in [-0.05, 0) is 31.2 Å². The lowest BCUT2D eigenvalue weighted by atomic mass is 10.1. The van der Waals surface area contributed by atoms with Crippen LogP contribution in [0.2, 0.25) is 0 Å². The number of fused-ring (bicyclic) bond motifs is 1. The fourth-order valence-electron chi connectivity index (χ4n) is 4.02. The monoisotopic (exact) mass is 442 g/mol. The van der Waals surface area contributed by atoms with Gasteiger partial charge in [0.15, 0.2) is 5.76 Å². The molecule has 9 nitrogen and oxygen atoms in total. The molecule has 2 aromatic heterocycles. The first-order chi connectivity index (χ1) is 15.4. The normalized spacial score (nSPS) is 15.4. The summed E-state index contributed by atoms with van der Waals surface area (Å²) in [6, 6.07) is 6.18. The van der Waals surface area contributed by atoms with Gasteiger partial charge in [0.25, 0.3) is 0 Å². The largest absolute Gasteiger partial charge is 0.477 e. The lowest BCUT2D eigenvalue weighted by molar-refractivity contribution is 0.0695. The van der Waals surface area contributed by atoms with Crippen LogP contribution in [0.5, 0.6) is 0 Å². The van der Waals surface area contributed by atoms with Gasteiger partial charge in [0.05, 0.1) is 17.5 Å². The number of benzene rings is 1. The van der Waals surface area contributed by atoms with E-state index in [2.05, 4.69) is 10.1 Å². The number of nitrogens with zero attached hydrogens (tertiary/aromatic N) is 4. The maximum Gasteiger partial charge on any atom is 0.341 e. The summed E-state index contributed by atoms with van der Waals surface area (Å²) in [6.07, 6.45) is 2.81. The number of carboxylic acids is 1. The highest BCUT2D eigenvalue weighted by atomic mass is 19.1. The van der Waals surface area contributed by atoms with Crippen LogP contribution in [0.15, 0.2) is 51.1 Å². The molecule has 1 fully saturated rings. The number of hydrogen-bond donors (Lipinski definition) is 2. The van der Waals surface area contributed by atoms with Gasteiger partial charge in [0.2, 0.25) is 5.43 Å². The highest BCUT2D eigenvalue weighted by molar-refractivity contribution is 5.99. The molecule has 0 saturated carbocycles. The molecule has 0 amide bonds. The topological polar surface area (TPSA) is 112 Å². The maximum atomic E-state index is 15.0. The maximum absolute atomic E-state index is 15.0. The van der Waals surface area contributed by atoms with Crippen molar-refractivity contribution in [3.8, 4) is 0 Å². The van der Waals surface area contributed by atoms with Gasteiger partial charge < -0.3 is 24.2 Å². The summed E-state index contributed by atoms with van der Waals surface area (Å²) in [7, 11) is 0. The third kappa shape index (κ3) is 3.96. The average Bonchev–Trinajstić information content (AvgIpc) is 3.33. The molecule has 168 valence electrons. The van der Waals surface area contributed by atoms with Crippen LogP contribution < -0.4 is 10.3 Å². The molecule has 4 rings (SSSR count). The predicted octanol–water partition coefficient (Wildman–Crippen LogP) is 2.45. The Bertz CT molecular complexity index is 1230. The molecule has 3 aromatic rings. The number of oxime groups is 1. The van der Waals surface area contributed by atoms with Gasteiger partial charge in [-0.25, -0.2) is 9.18 Å². The highest BCUT2D eigenvalue weighted by Crippen LogP contribution is 2.26. The minimum Gasteiger partial charge on any atom is -0.477 e. The molecular formula is C22H23FN4O5. The van der Waals surface area contributed by atoms with Gasteiger partial charge in [-0.1, -0.05) is 5.16 Å². The Hall–Kier alpha value is -3.66. The minimum absolute atomic E-state index is 0.0499. The van der Waals surface area contributed by atoms with E-state index in [1.807, 2.05) is 11.8 Å². The van der Waals surface area contributed by atoms with E-state index < -0.39 is 17.2 Å². The van der Waals surface area contributed by atoms with Crippen molar-refractivity contribution in [1.29, 1.82) is 0 Å². The van der Waals surface area contributed by atoms with Gasteiger partial charge in [-0.15, -0.1) is 0 Å². The summed E-state index contributed by atoms with van der Waals surface area (Å²) in [6.45, 7) is 4.94. The molecule has 1 saturated heterocycles. The van der Waals surface area contributed by atoms with E-state index in [-0.39, 0.29) is 10.9 Å². The van der Waals surface area contributed by atoms with E-state index in [1.54, 1.807) is 22.8 Å². The van der Waals surface area contributed by atoms with Crippen LogP contribution in [0.1, 0.15) is 23.0 Å². The Labute approximate surface area is 182 Å². The van der Waals surface area contributed by atoms with Crippen LogP contribution in [0, 0.1) is 5.82 Å². The van der Waals surface area contributed by atoms with Crippen molar-refractivity contribution in [2.24, 2.45) is 5.16 Å². The predicted molar refractivity (Wildman–Crippen MR) is 116 cm³/mol. The summed E-state index contributed by atoms with van der Waals surface area (Å²) < 4.78 is 21.9. The molecular weight excluding hydrogens is 419 g/mol. The van der Waals surface area contributed by atoms with E-state index in [4.69, 9.17) is 4.42 Å². The molecule has 1 aromatic carbocycles. The van der Waals surface area contributed by atoms with E-state index in [0.29, 0.717) is 61.9 Å². The highest BCUT2D eigenvalue weighted by Gasteiger charge is 2.24. The number of furan rings is 1. The summed E-state index contributed by atoms with van der Waals surface area (Å²) >= 11 is 0. The van der Waals surface area contributed by atoms with E-state index >= 15 is 0 Å². The van der Waals surface area contributed by atoms with Crippen molar-refractivity contribution in [2.45, 2.75) is 13.5 Å². The Morgan fingerprint density at radius 1 is 1.25 bits per heavy atom. The summed E-state index contributed by atoms with van der Waals surface area (Å²) in [5.74, 6) is -1.41. The summed E-state index contributed by atoms with van der Waals surface area (Å²) in [5.41, 5.74) is 0.207. The van der Waals surface area contributed by atoms with E-state index in [9.17, 15) is 24.3 Å². The van der Waals surface area contributed by atoms with Gasteiger partial charge in [0.1, 0.15) is 17.1 Å². The molecule has 0 radical (unpaired) electrons. The zero-order valence-corrected chi connectivity index (χ0v) is 17.5. The Morgan fingerprint density at radius 2 is 2.00 bits per heavy atom. The molecule has 1 aliphatic heterocycles. The van der Waals surface area contributed by atoms with Crippen molar-refractivity contribution in [3.63, 3.8) is 0 Å². The molecule has 1 aliphatic rings. The van der Waals surface area contributed by atoms with E-state index in [0.717, 1.165) is 6.07 Å². The van der Waals surface area contributed by atoms with Crippen molar-refractivity contribution >= 4 is 28.3 Å². The van der Waals surface area contributed by atoms with E-state index in [1.165, 1.54) is 12.5 Å². The lowest BCUT2D eigenvalue weighted by Crippen LogP contribution is -2.48. The number of pyridine rings is 1. The third-order valence-electron chi connectivity index (χ3n) is 5.73. The fraction of sp³-hybridized carbons (Fsp3) is 0.318. The Balaban J connectivity index is 1.57. The number of hydrogen-bond acceptors (Lipinski definition) is 7. The van der Waals surface area contributed by atoms with Gasteiger partial charge in [-0.2, -0.15) is 0 Å². The number of aryl methyl sites for hydroxylation is 1. The van der Waals surface area contributed by atoms with Crippen LogP contribution in [-0.4, -0.2) is 64.2 Å². The Morgan fingerprint density at radius 3 is 2.59 bits per heavy atom. The van der Waals surface area contributed by atoms with Crippen LogP contribution >= 0.6 is 0 Å². The smallest absolute Gasteiger partial charge is 0.341 e. The molecule has 2 N–H and O–H groups in total. The van der Waals surface area contributed by atoms with Crippen LogP contribution in [0.3, 0.4) is 0 Å². The minimum atomic E-state index is -1.33. The van der Waals surface area contributed by atoms with Crippen LogP contribution in [0.25, 0.3) is 10.9 Å². The number of rotatable bonds is 6. The molecule has 32 heavy (non-hydrogen) atoms. The summed E-state index contributed by atoms with van der Waals surface area (Å²) in [4.78, 5) is 27.9. The van der Waals surface area contributed by atoms with Crippen LogP contribution in [0.4, 0.5) is 10.1 Å². The number of carbonyl (C=O) groups is 1. The Kier molecular flexibility index (Phi) is 5.95. The second-order valence-electron chi connectivity index (χ2n) is 7.57. The van der Waals surface area contributed by atoms with Crippen molar-refractivity contribution in [3.05, 3.63) is 64.1 Å². The number of aromatic carboxylic acids is 1. The molecule has 3 heterocycles. The second kappa shape index (κ2) is 8.83. The van der Waals surface area contributed by atoms with Gasteiger partial charge in [-0.3, -0.25) is 9.69 Å². The molecule has 0 spiro atoms. The molecule has 0 atom stereocenters. The van der Waals surface area contributed by atoms with Crippen molar-refractivity contribution in [2.75, 3.05) is 37.6 Å². The number of anilines is 1. The quantitative estimate of drug-likeness (QED) is 0.343. The zero-order valence-electron chi connectivity index (χ0n) is 17.5. The second-order valence-corrected chi connectivity index (χ2v) is 7.57. The number of aromatic nitrogens is 1. The first-order valence-corrected chi connectivity index (χ1v) is 10.2. The number of piperazine rings is 1. The van der Waals surface area contributed by atoms with Crippen molar-refractivity contribution in [1.82, 2.24) is 9.47 Å². The molecule has 0 unspecified atom stereocenters. The number of carboxylic acid groups (broad SMARTS) is 1. The van der Waals surface area contributed by atoms with Crippen LogP contribution in [-0.2, 0) is 6.54 Å². The van der Waals surface area contributed by atoms with Crippen molar-refractivity contribution < 1.29 is 23.9 Å². The third-order valence-corrected chi connectivity index (χ3v) is 5.73. The summed E-state index contributed by atoms with van der Waals surface area (Å²) in [5, 5.41) is 22.0. The van der Waals surface area contributed by atoms with Gasteiger partial charge >= 0.3 is 5.97 Å². The molecule has 0 aliphatic carbocycles. The lowest BCUT2D eigenvalue weighted by Gasteiger charge is -2.36. The number of halogens is 1. The molecule has 0 bridgehead atoms. The first kappa shape index (κ1) is 21.6. The average molecular weight is 442 g/mol. The standard InChI is InChI=1S/C22H23FN4O5/c1-2-26-12-15(22(29)30)21(28)14-10-16(23)19(11-18(14)26)27-7-5-25(6-8-27)13-17(24-31)20-4-3-9-32-20/h3-4,9-12,31H,2,5-8,13H2,1H3,(H,29,30)/b24-17-. The first-order valence-electron chi connectivity index (χ1n) is 10.2. The SMILES string of the molecule is CCn1cc(C(=O)O)c(=O)c2cc(F)c(N3CCN(C/C(=N/O)c4ccco4)CC3)cc21. The molecule has 10 heteroatoms. The van der Waals surface area contributed by atoms with Gasteiger partial charge in [0, 0.05) is 50.9 Å². The zero-order chi connectivity index (χ0) is 22.8. The fourth-order valence-corrected chi connectivity index (χ4v) is 4.02.